The zero-order chi connectivity index (χ0) is 14.9. The van der Waals surface area contributed by atoms with Crippen LogP contribution in [0, 0.1) is 6.92 Å². The molecule has 1 atom stereocenters. The van der Waals surface area contributed by atoms with E-state index in [0.29, 0.717) is 5.92 Å². The van der Waals surface area contributed by atoms with Crippen LogP contribution >= 0.6 is 11.3 Å². The molecule has 0 spiro atoms. The highest BCUT2D eigenvalue weighted by atomic mass is 32.1. The van der Waals surface area contributed by atoms with E-state index >= 15 is 0 Å². The standard InChI is InChI=1S/C21H18S/c1-15-9-11-17(12-10-15)20-13-14-21(22-20)19-8-4-6-16-5-2-3-7-18(16)19/h2-7,9-14,19H,8H2,1H3. The van der Waals surface area contributed by atoms with Gasteiger partial charge in [0, 0.05) is 15.7 Å². The summed E-state index contributed by atoms with van der Waals surface area (Å²) >= 11 is 1.93. The second-order valence-corrected chi connectivity index (χ2v) is 7.00. The van der Waals surface area contributed by atoms with Crippen LogP contribution in [-0.2, 0) is 0 Å². The van der Waals surface area contributed by atoms with Gasteiger partial charge in [-0.2, -0.15) is 0 Å². The van der Waals surface area contributed by atoms with E-state index in [1.54, 1.807) is 0 Å². The predicted octanol–water partition coefficient (Wildman–Crippen LogP) is 6.27. The molecule has 22 heavy (non-hydrogen) atoms. The minimum Gasteiger partial charge on any atom is -0.140 e. The highest BCUT2D eigenvalue weighted by Crippen LogP contribution is 2.40. The van der Waals surface area contributed by atoms with Crippen LogP contribution in [0.4, 0.5) is 0 Å². The maximum absolute atomic E-state index is 2.31. The minimum atomic E-state index is 0.505. The van der Waals surface area contributed by atoms with E-state index in [4.69, 9.17) is 0 Å². The van der Waals surface area contributed by atoms with E-state index in [2.05, 4.69) is 79.7 Å². The van der Waals surface area contributed by atoms with Crippen molar-refractivity contribution in [3.63, 3.8) is 0 Å². The van der Waals surface area contributed by atoms with Crippen LogP contribution in [0.2, 0.25) is 0 Å². The molecule has 1 aliphatic carbocycles. The Bertz CT molecular complexity index is 821. The zero-order valence-corrected chi connectivity index (χ0v) is 13.4. The van der Waals surface area contributed by atoms with Crippen molar-refractivity contribution < 1.29 is 0 Å². The molecule has 1 aliphatic rings. The number of fused-ring (bicyclic) bond motifs is 1. The summed E-state index contributed by atoms with van der Waals surface area (Å²) in [6.07, 6.45) is 5.66. The molecule has 0 aliphatic heterocycles. The number of allylic oxidation sites excluding steroid dienone is 1. The molecule has 0 saturated heterocycles. The van der Waals surface area contributed by atoms with Gasteiger partial charge in [-0.1, -0.05) is 66.2 Å². The molecule has 1 unspecified atom stereocenters. The van der Waals surface area contributed by atoms with Gasteiger partial charge in [0.1, 0.15) is 0 Å². The number of aryl methyl sites for hydroxylation is 1. The Kier molecular flexibility index (Phi) is 3.44. The van der Waals surface area contributed by atoms with Gasteiger partial charge in [0.15, 0.2) is 0 Å². The van der Waals surface area contributed by atoms with E-state index in [0.717, 1.165) is 6.42 Å². The lowest BCUT2D eigenvalue weighted by Crippen LogP contribution is -2.03. The third-order valence-corrected chi connectivity index (χ3v) is 5.59. The van der Waals surface area contributed by atoms with Crippen molar-refractivity contribution in [3.8, 4) is 10.4 Å². The lowest BCUT2D eigenvalue weighted by atomic mass is 9.86. The maximum Gasteiger partial charge on any atom is 0.0345 e. The molecule has 0 fully saturated rings. The fourth-order valence-electron chi connectivity index (χ4n) is 3.12. The molecular formula is C21H18S. The van der Waals surface area contributed by atoms with E-state index < -0.39 is 0 Å². The first-order valence-corrected chi connectivity index (χ1v) is 8.55. The van der Waals surface area contributed by atoms with E-state index in [9.17, 15) is 0 Å². The molecule has 4 rings (SSSR count). The molecule has 1 aromatic heterocycles. The SMILES string of the molecule is Cc1ccc(-c2ccc(C3CC=Cc4ccccc43)s2)cc1. The van der Waals surface area contributed by atoms with Crippen LogP contribution in [0.5, 0.6) is 0 Å². The minimum absolute atomic E-state index is 0.505. The Morgan fingerprint density at radius 2 is 1.73 bits per heavy atom. The highest BCUT2D eigenvalue weighted by molar-refractivity contribution is 7.15. The summed E-state index contributed by atoms with van der Waals surface area (Å²) in [5.41, 5.74) is 5.46. The first-order chi connectivity index (χ1) is 10.8. The molecule has 1 heterocycles. The van der Waals surface area contributed by atoms with E-state index in [1.165, 1.54) is 32.0 Å². The number of benzene rings is 2. The number of thiophene rings is 1. The van der Waals surface area contributed by atoms with E-state index in [-0.39, 0.29) is 0 Å². The van der Waals surface area contributed by atoms with Crippen molar-refractivity contribution in [2.45, 2.75) is 19.3 Å². The normalized spacial score (nSPS) is 16.5. The molecular weight excluding hydrogens is 284 g/mol. The summed E-state index contributed by atoms with van der Waals surface area (Å²) in [4.78, 5) is 2.83. The number of hydrogen-bond donors (Lipinski definition) is 0. The lowest BCUT2D eigenvalue weighted by Gasteiger charge is -2.20. The van der Waals surface area contributed by atoms with Crippen molar-refractivity contribution in [2.24, 2.45) is 0 Å². The molecule has 0 nitrogen and oxygen atoms in total. The van der Waals surface area contributed by atoms with Gasteiger partial charge in [-0.05, 0) is 42.2 Å². The van der Waals surface area contributed by atoms with Crippen molar-refractivity contribution in [1.29, 1.82) is 0 Å². The van der Waals surface area contributed by atoms with Crippen LogP contribution in [0.25, 0.3) is 16.5 Å². The summed E-state index contributed by atoms with van der Waals surface area (Å²) in [5.74, 6) is 0.505. The summed E-state index contributed by atoms with van der Waals surface area (Å²) in [6.45, 7) is 2.13. The van der Waals surface area contributed by atoms with E-state index in [1.807, 2.05) is 11.3 Å². The van der Waals surface area contributed by atoms with Crippen LogP contribution in [0.15, 0.2) is 66.7 Å². The van der Waals surface area contributed by atoms with Gasteiger partial charge in [-0.25, -0.2) is 0 Å². The van der Waals surface area contributed by atoms with Gasteiger partial charge in [0.2, 0.25) is 0 Å². The van der Waals surface area contributed by atoms with Crippen LogP contribution in [0.1, 0.15) is 33.9 Å². The molecule has 0 N–H and O–H groups in total. The van der Waals surface area contributed by atoms with Crippen molar-refractivity contribution in [2.75, 3.05) is 0 Å². The molecule has 1 heteroatoms. The average Bonchev–Trinajstić information content (AvgIpc) is 3.05. The first-order valence-electron chi connectivity index (χ1n) is 7.73. The second-order valence-electron chi connectivity index (χ2n) is 5.89. The zero-order valence-electron chi connectivity index (χ0n) is 12.6. The first kappa shape index (κ1) is 13.5. The van der Waals surface area contributed by atoms with Crippen molar-refractivity contribution in [3.05, 3.63) is 88.3 Å². The number of rotatable bonds is 2. The topological polar surface area (TPSA) is 0 Å². The third kappa shape index (κ3) is 2.42. The lowest BCUT2D eigenvalue weighted by molar-refractivity contribution is 0.837. The molecule has 0 bridgehead atoms. The van der Waals surface area contributed by atoms with Crippen LogP contribution in [-0.4, -0.2) is 0 Å². The second kappa shape index (κ2) is 5.58. The van der Waals surface area contributed by atoms with Gasteiger partial charge < -0.3 is 0 Å². The van der Waals surface area contributed by atoms with Gasteiger partial charge in [0.05, 0.1) is 0 Å². The third-order valence-electron chi connectivity index (χ3n) is 4.35. The highest BCUT2D eigenvalue weighted by Gasteiger charge is 2.20. The quantitative estimate of drug-likeness (QED) is 0.523. The summed E-state index contributed by atoms with van der Waals surface area (Å²) in [7, 11) is 0. The molecule has 3 aromatic rings. The molecule has 0 radical (unpaired) electrons. The summed E-state index contributed by atoms with van der Waals surface area (Å²) in [5, 5.41) is 0. The maximum atomic E-state index is 2.31. The van der Waals surface area contributed by atoms with Gasteiger partial charge in [-0.15, -0.1) is 11.3 Å². The smallest absolute Gasteiger partial charge is 0.0345 e. The van der Waals surface area contributed by atoms with Crippen molar-refractivity contribution in [1.82, 2.24) is 0 Å². The largest absolute Gasteiger partial charge is 0.140 e. The average molecular weight is 302 g/mol. The van der Waals surface area contributed by atoms with Gasteiger partial charge in [0.25, 0.3) is 0 Å². The Morgan fingerprint density at radius 3 is 2.59 bits per heavy atom. The van der Waals surface area contributed by atoms with Gasteiger partial charge in [-0.3, -0.25) is 0 Å². The molecule has 108 valence electrons. The Hall–Kier alpha value is -2.12. The number of hydrogen-bond acceptors (Lipinski definition) is 1. The fourth-order valence-corrected chi connectivity index (χ4v) is 4.27. The van der Waals surface area contributed by atoms with Crippen molar-refractivity contribution >= 4 is 17.4 Å². The summed E-state index contributed by atoms with van der Waals surface area (Å²) in [6, 6.07) is 22.2. The van der Waals surface area contributed by atoms with Gasteiger partial charge >= 0.3 is 0 Å². The Labute approximate surface area is 135 Å². The monoisotopic (exact) mass is 302 g/mol. The Morgan fingerprint density at radius 1 is 0.909 bits per heavy atom. The fraction of sp³-hybridized carbons (Fsp3) is 0.143. The summed E-state index contributed by atoms with van der Waals surface area (Å²) < 4.78 is 0. The predicted molar refractivity (Wildman–Crippen MR) is 96.4 cm³/mol. The molecule has 0 saturated carbocycles. The Balaban J connectivity index is 1.70. The molecule has 0 amide bonds. The van der Waals surface area contributed by atoms with Crippen LogP contribution < -0.4 is 0 Å². The molecule has 2 aromatic carbocycles. The van der Waals surface area contributed by atoms with Crippen LogP contribution in [0.3, 0.4) is 0 Å².